The molecule has 1 atom stereocenters. The minimum absolute atomic E-state index is 0.284. The molecule has 1 unspecified atom stereocenters. The maximum atomic E-state index is 12.2. The Hall–Kier alpha value is -2.28. The maximum absolute atomic E-state index is 12.2. The van der Waals surface area contributed by atoms with Crippen molar-refractivity contribution in [3.05, 3.63) is 63.4 Å². The van der Waals surface area contributed by atoms with E-state index in [2.05, 4.69) is 15.5 Å². The monoisotopic (exact) mass is 439 g/mol. The first-order valence-corrected chi connectivity index (χ1v) is 9.53. The lowest BCUT2D eigenvalue weighted by Crippen LogP contribution is -2.37. The van der Waals surface area contributed by atoms with Crippen molar-refractivity contribution in [1.29, 1.82) is 0 Å². The Bertz CT molecular complexity index is 940. The summed E-state index contributed by atoms with van der Waals surface area (Å²) in [4.78, 5) is 16.5. The van der Waals surface area contributed by atoms with E-state index in [0.29, 0.717) is 45.5 Å². The Morgan fingerprint density at radius 1 is 1.11 bits per heavy atom. The zero-order valence-electron chi connectivity index (χ0n) is 14.8. The van der Waals surface area contributed by atoms with Crippen LogP contribution in [0.15, 0.2) is 47.0 Å². The molecule has 9 heteroatoms. The third-order valence-electron chi connectivity index (χ3n) is 3.73. The molecule has 1 amide bonds. The molecule has 0 spiro atoms. The van der Waals surface area contributed by atoms with Gasteiger partial charge >= 0.3 is 0 Å². The van der Waals surface area contributed by atoms with Crippen molar-refractivity contribution in [3.8, 4) is 17.1 Å². The Labute approximate surface area is 176 Å². The van der Waals surface area contributed by atoms with Crippen molar-refractivity contribution in [2.24, 2.45) is 0 Å². The molecule has 1 heterocycles. The summed E-state index contributed by atoms with van der Waals surface area (Å²) in [6, 6.07) is 11.9. The number of aromatic nitrogens is 2. The lowest BCUT2D eigenvalue weighted by Gasteiger charge is -2.14. The van der Waals surface area contributed by atoms with Crippen LogP contribution in [-0.4, -0.2) is 28.7 Å². The smallest absolute Gasteiger partial charge is 0.260 e. The number of carbonyl (C=O) groups is 1. The lowest BCUT2D eigenvalue weighted by molar-refractivity contribution is -0.127. The number of nitrogens with zero attached hydrogens (tertiary/aromatic N) is 2. The highest BCUT2D eigenvalue weighted by Gasteiger charge is 2.16. The summed E-state index contributed by atoms with van der Waals surface area (Å²) >= 11 is 17.7. The topological polar surface area (TPSA) is 77.2 Å². The summed E-state index contributed by atoms with van der Waals surface area (Å²) in [6.07, 6.45) is -0.330. The molecule has 2 aromatic carbocycles. The molecular weight excluding hydrogens is 425 g/mol. The van der Waals surface area contributed by atoms with E-state index < -0.39 is 6.10 Å². The molecule has 146 valence electrons. The van der Waals surface area contributed by atoms with Crippen molar-refractivity contribution in [1.82, 2.24) is 15.5 Å². The molecule has 3 aromatic rings. The van der Waals surface area contributed by atoms with E-state index >= 15 is 0 Å². The predicted molar refractivity (Wildman–Crippen MR) is 108 cm³/mol. The highest BCUT2D eigenvalue weighted by Crippen LogP contribution is 2.25. The molecule has 0 bridgehead atoms. The average molecular weight is 441 g/mol. The summed E-state index contributed by atoms with van der Waals surface area (Å²) < 4.78 is 10.8. The number of amides is 1. The van der Waals surface area contributed by atoms with Gasteiger partial charge in [0.2, 0.25) is 11.7 Å². The fourth-order valence-corrected chi connectivity index (χ4v) is 3.00. The van der Waals surface area contributed by atoms with E-state index in [4.69, 9.17) is 44.1 Å². The van der Waals surface area contributed by atoms with Gasteiger partial charge in [0.15, 0.2) is 6.10 Å². The second-order valence-corrected chi connectivity index (χ2v) is 7.23. The SMILES string of the molecule is CC(Oc1cc(Cl)cc(Cl)c1)C(=O)NCCc1nc(-c2ccc(Cl)cc2)no1. The van der Waals surface area contributed by atoms with Gasteiger partial charge in [0.05, 0.1) is 0 Å². The highest BCUT2D eigenvalue weighted by atomic mass is 35.5. The van der Waals surface area contributed by atoms with Gasteiger partial charge < -0.3 is 14.6 Å². The number of nitrogens with one attached hydrogen (secondary N) is 1. The molecule has 3 rings (SSSR count). The molecule has 0 aliphatic heterocycles. The Balaban J connectivity index is 1.49. The molecule has 0 aliphatic carbocycles. The molecule has 0 fully saturated rings. The van der Waals surface area contributed by atoms with Gasteiger partial charge in [-0.3, -0.25) is 4.79 Å². The molecule has 0 aliphatic rings. The molecule has 0 saturated carbocycles. The quantitative estimate of drug-likeness (QED) is 0.570. The van der Waals surface area contributed by atoms with Crippen LogP contribution in [0, 0.1) is 0 Å². The third-order valence-corrected chi connectivity index (χ3v) is 4.42. The fraction of sp³-hybridized carbons (Fsp3) is 0.211. The summed E-state index contributed by atoms with van der Waals surface area (Å²) in [5, 5.41) is 8.19. The Morgan fingerprint density at radius 2 is 1.79 bits per heavy atom. The first-order valence-electron chi connectivity index (χ1n) is 8.39. The molecule has 0 saturated heterocycles. The molecule has 0 radical (unpaired) electrons. The normalized spacial score (nSPS) is 11.9. The van der Waals surface area contributed by atoms with Crippen molar-refractivity contribution >= 4 is 40.7 Å². The van der Waals surface area contributed by atoms with Crippen molar-refractivity contribution < 1.29 is 14.1 Å². The fourth-order valence-electron chi connectivity index (χ4n) is 2.36. The van der Waals surface area contributed by atoms with Crippen LogP contribution in [0.4, 0.5) is 0 Å². The molecule has 6 nitrogen and oxygen atoms in total. The summed E-state index contributed by atoms with van der Waals surface area (Å²) in [5.74, 6) is 1.02. The highest BCUT2D eigenvalue weighted by molar-refractivity contribution is 6.34. The number of carbonyl (C=O) groups excluding carboxylic acids is 1. The van der Waals surface area contributed by atoms with Gasteiger partial charge in [0.1, 0.15) is 5.75 Å². The molecular formula is C19H16Cl3N3O3. The van der Waals surface area contributed by atoms with Crippen molar-refractivity contribution in [2.45, 2.75) is 19.4 Å². The zero-order chi connectivity index (χ0) is 20.1. The number of hydrogen-bond acceptors (Lipinski definition) is 5. The first-order chi connectivity index (χ1) is 13.4. The molecule has 28 heavy (non-hydrogen) atoms. The van der Waals surface area contributed by atoms with Gasteiger partial charge in [-0.25, -0.2) is 0 Å². The largest absolute Gasteiger partial charge is 0.481 e. The molecule has 1 aromatic heterocycles. The van der Waals surface area contributed by atoms with Crippen LogP contribution in [0.25, 0.3) is 11.4 Å². The molecule has 1 N–H and O–H groups in total. The van der Waals surface area contributed by atoms with Crippen LogP contribution >= 0.6 is 34.8 Å². The van der Waals surface area contributed by atoms with Gasteiger partial charge in [0, 0.05) is 33.6 Å². The van der Waals surface area contributed by atoms with E-state index in [9.17, 15) is 4.79 Å². The van der Waals surface area contributed by atoms with Crippen LogP contribution in [0.2, 0.25) is 15.1 Å². The lowest BCUT2D eigenvalue weighted by atomic mass is 10.2. The van der Waals surface area contributed by atoms with Gasteiger partial charge in [0.25, 0.3) is 5.91 Å². The third kappa shape index (κ3) is 5.61. The number of ether oxygens (including phenoxy) is 1. The predicted octanol–water partition coefficient (Wildman–Crippen LogP) is 4.82. The van der Waals surface area contributed by atoms with Crippen molar-refractivity contribution in [2.75, 3.05) is 6.54 Å². The van der Waals surface area contributed by atoms with Gasteiger partial charge in [-0.05, 0) is 49.4 Å². The number of benzene rings is 2. The zero-order valence-corrected chi connectivity index (χ0v) is 17.1. The van der Waals surface area contributed by atoms with Gasteiger partial charge in [-0.2, -0.15) is 4.98 Å². The summed E-state index contributed by atoms with van der Waals surface area (Å²) in [6.45, 7) is 1.96. The summed E-state index contributed by atoms with van der Waals surface area (Å²) in [7, 11) is 0. The minimum atomic E-state index is -0.721. The standard InChI is InChI=1S/C19H16Cl3N3O3/c1-11(27-16-9-14(21)8-15(22)10-16)19(26)23-7-6-17-24-18(25-28-17)12-2-4-13(20)5-3-12/h2-5,8-11H,6-7H2,1H3,(H,23,26). The average Bonchev–Trinajstić information content (AvgIpc) is 3.10. The maximum Gasteiger partial charge on any atom is 0.260 e. The Kier molecular flexibility index (Phi) is 6.78. The van der Waals surface area contributed by atoms with Crippen LogP contribution in [0.5, 0.6) is 5.75 Å². The second-order valence-electron chi connectivity index (χ2n) is 5.92. The van der Waals surface area contributed by atoms with Gasteiger partial charge in [-0.1, -0.05) is 40.0 Å². The van der Waals surface area contributed by atoms with Crippen molar-refractivity contribution in [3.63, 3.8) is 0 Å². The van der Waals surface area contributed by atoms with E-state index in [1.807, 2.05) is 0 Å². The summed E-state index contributed by atoms with van der Waals surface area (Å²) in [5.41, 5.74) is 0.797. The van der Waals surface area contributed by atoms with E-state index in [1.165, 1.54) is 0 Å². The van der Waals surface area contributed by atoms with E-state index in [0.717, 1.165) is 5.56 Å². The van der Waals surface area contributed by atoms with Crippen LogP contribution in [0.1, 0.15) is 12.8 Å². The van der Waals surface area contributed by atoms with Crippen LogP contribution < -0.4 is 10.1 Å². The van der Waals surface area contributed by atoms with E-state index in [1.54, 1.807) is 49.4 Å². The number of rotatable bonds is 7. The minimum Gasteiger partial charge on any atom is -0.481 e. The van der Waals surface area contributed by atoms with Crippen LogP contribution in [-0.2, 0) is 11.2 Å². The number of hydrogen-bond donors (Lipinski definition) is 1. The van der Waals surface area contributed by atoms with Gasteiger partial charge in [-0.15, -0.1) is 0 Å². The number of halogens is 3. The van der Waals surface area contributed by atoms with E-state index in [-0.39, 0.29) is 5.91 Å². The Morgan fingerprint density at radius 3 is 2.46 bits per heavy atom. The van der Waals surface area contributed by atoms with Crippen LogP contribution in [0.3, 0.4) is 0 Å². The second kappa shape index (κ2) is 9.28. The first kappa shape index (κ1) is 20.5.